The normalized spacial score (nSPS) is 14.5. The van der Waals surface area contributed by atoms with Gasteiger partial charge >= 0.3 is 0 Å². The van der Waals surface area contributed by atoms with Crippen LogP contribution in [0.1, 0.15) is 49.9 Å². The number of fused-ring (bicyclic) bond motifs is 14. The molecule has 2 aliphatic carbocycles. The number of para-hydroxylation sites is 1. The monoisotopic (exact) mass is 778 g/mol. The zero-order valence-corrected chi connectivity index (χ0v) is 34.7. The van der Waals surface area contributed by atoms with Crippen molar-refractivity contribution in [2.24, 2.45) is 0 Å². The van der Waals surface area contributed by atoms with Gasteiger partial charge in [-0.1, -0.05) is 173 Å². The Morgan fingerprint density at radius 2 is 0.803 bits per heavy atom. The summed E-state index contributed by atoms with van der Waals surface area (Å²) in [5, 5.41) is 9.94. The fourth-order valence-electron chi connectivity index (χ4n) is 11.5. The van der Waals surface area contributed by atoms with Crippen molar-refractivity contribution >= 4 is 54.3 Å². The Kier molecular flexibility index (Phi) is 6.91. The van der Waals surface area contributed by atoms with Crippen LogP contribution in [-0.4, -0.2) is 0 Å². The first-order chi connectivity index (χ1) is 29.8. The maximum Gasteiger partial charge on any atom is 0.143 e. The van der Waals surface area contributed by atoms with E-state index in [0.29, 0.717) is 0 Å². The highest BCUT2D eigenvalue weighted by molar-refractivity contribution is 6.22. The van der Waals surface area contributed by atoms with Crippen LogP contribution in [-0.2, 0) is 10.8 Å². The van der Waals surface area contributed by atoms with Crippen molar-refractivity contribution in [2.75, 3.05) is 0 Å². The van der Waals surface area contributed by atoms with Gasteiger partial charge < -0.3 is 4.42 Å². The van der Waals surface area contributed by atoms with Gasteiger partial charge in [0.25, 0.3) is 0 Å². The molecular weight excluding hydrogens is 737 g/mol. The standard InChI is InChI=1S/C60H42O/c1-59(2)52-33-37(36-24-31-51-50(32-36)47-28-30-49-46(57(47)60(51,3)4)27-29-48-41-16-12-13-21-54(41)61-58(48)49)22-25-39(52)40-26-23-38(34-53(40)59)56-44-19-10-8-17-42(44)55(35-14-6-5-7-15-35)43-18-9-11-20-45(43)56/h5-34H,1-4H3. The third-order valence-electron chi connectivity index (χ3n) is 14.4. The van der Waals surface area contributed by atoms with Crippen LogP contribution >= 0.6 is 0 Å². The minimum absolute atomic E-state index is 0.153. The molecule has 0 amide bonds. The smallest absolute Gasteiger partial charge is 0.143 e. The van der Waals surface area contributed by atoms with Crippen molar-refractivity contribution in [3.8, 4) is 55.6 Å². The van der Waals surface area contributed by atoms with Crippen LogP contribution in [0.15, 0.2) is 186 Å². The second-order valence-corrected chi connectivity index (χ2v) is 18.4. The predicted octanol–water partition coefficient (Wildman–Crippen LogP) is 16.7. The molecule has 10 aromatic carbocycles. The minimum Gasteiger partial charge on any atom is -0.455 e. The molecule has 0 atom stereocenters. The molecule has 2 aliphatic rings. The Balaban J connectivity index is 0.918. The molecule has 1 aromatic heterocycles. The van der Waals surface area contributed by atoms with E-state index in [4.69, 9.17) is 4.42 Å². The lowest BCUT2D eigenvalue weighted by molar-refractivity contribution is 0.661. The van der Waals surface area contributed by atoms with Crippen LogP contribution in [0.2, 0.25) is 0 Å². The second-order valence-electron chi connectivity index (χ2n) is 18.4. The highest BCUT2D eigenvalue weighted by Crippen LogP contribution is 2.55. The average molecular weight is 779 g/mol. The average Bonchev–Trinajstić information content (AvgIpc) is 3.87. The molecule has 1 heterocycles. The summed E-state index contributed by atoms with van der Waals surface area (Å²) in [7, 11) is 0. The van der Waals surface area contributed by atoms with Gasteiger partial charge in [0, 0.05) is 27.0 Å². The van der Waals surface area contributed by atoms with Crippen LogP contribution in [0.3, 0.4) is 0 Å². The molecule has 0 unspecified atom stereocenters. The first-order valence-corrected chi connectivity index (χ1v) is 21.6. The van der Waals surface area contributed by atoms with Crippen LogP contribution in [0, 0.1) is 0 Å². The molecule has 11 aromatic rings. The van der Waals surface area contributed by atoms with Crippen LogP contribution in [0.4, 0.5) is 0 Å². The molecule has 13 rings (SSSR count). The van der Waals surface area contributed by atoms with Gasteiger partial charge in [-0.05, 0) is 141 Å². The Hall–Kier alpha value is -7.22. The van der Waals surface area contributed by atoms with E-state index in [0.717, 1.165) is 11.2 Å². The Morgan fingerprint density at radius 3 is 1.49 bits per heavy atom. The predicted molar refractivity (Wildman–Crippen MR) is 258 cm³/mol. The summed E-state index contributed by atoms with van der Waals surface area (Å²) in [6.07, 6.45) is 0. The van der Waals surface area contributed by atoms with Crippen molar-refractivity contribution in [1.29, 1.82) is 0 Å². The van der Waals surface area contributed by atoms with Gasteiger partial charge in [-0.25, -0.2) is 0 Å². The third-order valence-corrected chi connectivity index (χ3v) is 14.4. The molecule has 0 radical (unpaired) electrons. The molecule has 0 spiro atoms. The van der Waals surface area contributed by atoms with E-state index in [-0.39, 0.29) is 10.8 Å². The van der Waals surface area contributed by atoms with Crippen molar-refractivity contribution in [1.82, 2.24) is 0 Å². The first-order valence-electron chi connectivity index (χ1n) is 21.6. The van der Waals surface area contributed by atoms with E-state index >= 15 is 0 Å². The van der Waals surface area contributed by atoms with Crippen molar-refractivity contribution in [3.63, 3.8) is 0 Å². The Bertz CT molecular complexity index is 3630. The lowest BCUT2D eigenvalue weighted by Crippen LogP contribution is -2.15. The van der Waals surface area contributed by atoms with Crippen molar-refractivity contribution in [3.05, 3.63) is 204 Å². The molecule has 61 heavy (non-hydrogen) atoms. The molecule has 288 valence electrons. The van der Waals surface area contributed by atoms with Gasteiger partial charge in [-0.2, -0.15) is 0 Å². The lowest BCUT2D eigenvalue weighted by Gasteiger charge is -2.24. The van der Waals surface area contributed by atoms with E-state index < -0.39 is 0 Å². The highest BCUT2D eigenvalue weighted by Gasteiger charge is 2.39. The molecule has 1 heteroatoms. The van der Waals surface area contributed by atoms with Crippen LogP contribution in [0.25, 0.3) is 110 Å². The summed E-state index contributed by atoms with van der Waals surface area (Å²) in [6, 6.07) is 67.9. The summed E-state index contributed by atoms with van der Waals surface area (Å²) in [5.74, 6) is 0. The Labute approximate surface area is 355 Å². The topological polar surface area (TPSA) is 13.1 Å². The highest BCUT2D eigenvalue weighted by atomic mass is 16.3. The zero-order chi connectivity index (χ0) is 40.8. The number of rotatable bonds is 3. The maximum atomic E-state index is 6.51. The van der Waals surface area contributed by atoms with E-state index in [2.05, 4.69) is 210 Å². The quantitative estimate of drug-likeness (QED) is 0.163. The SMILES string of the molecule is CC1(C)c2cc(-c3ccc4c(c3)-c3ccc5c(ccc6c7ccccc7oc56)c3C4(C)C)ccc2-c2ccc(-c3c4ccccc4c(-c4ccccc4)c4ccccc34)cc21. The van der Waals surface area contributed by atoms with Gasteiger partial charge in [-0.15, -0.1) is 0 Å². The van der Waals surface area contributed by atoms with E-state index in [9.17, 15) is 0 Å². The van der Waals surface area contributed by atoms with Gasteiger partial charge in [0.2, 0.25) is 0 Å². The number of hydrogen-bond donors (Lipinski definition) is 0. The molecule has 0 aliphatic heterocycles. The largest absolute Gasteiger partial charge is 0.455 e. The number of hydrogen-bond acceptors (Lipinski definition) is 1. The molecular formula is C60H42O. The van der Waals surface area contributed by atoms with Crippen LogP contribution in [0.5, 0.6) is 0 Å². The fourth-order valence-corrected chi connectivity index (χ4v) is 11.5. The van der Waals surface area contributed by atoms with E-state index in [1.807, 2.05) is 0 Å². The van der Waals surface area contributed by atoms with Gasteiger partial charge in [-0.3, -0.25) is 0 Å². The van der Waals surface area contributed by atoms with E-state index in [1.54, 1.807) is 0 Å². The molecule has 0 saturated heterocycles. The minimum atomic E-state index is -0.182. The number of furan rings is 1. The number of benzene rings is 10. The summed E-state index contributed by atoms with van der Waals surface area (Å²) >= 11 is 0. The fraction of sp³-hybridized carbons (Fsp3) is 0.100. The molecule has 0 N–H and O–H groups in total. The lowest BCUT2D eigenvalue weighted by atomic mass is 9.79. The molecule has 0 fully saturated rings. The zero-order valence-electron chi connectivity index (χ0n) is 34.7. The molecule has 1 nitrogen and oxygen atoms in total. The van der Waals surface area contributed by atoms with Crippen molar-refractivity contribution in [2.45, 2.75) is 38.5 Å². The maximum absolute atomic E-state index is 6.51. The second kappa shape index (κ2) is 12.2. The summed E-state index contributed by atoms with van der Waals surface area (Å²) < 4.78 is 6.51. The molecule has 0 saturated carbocycles. The first kappa shape index (κ1) is 34.6. The third kappa shape index (κ3) is 4.67. The van der Waals surface area contributed by atoms with Gasteiger partial charge in [0.05, 0.1) is 0 Å². The van der Waals surface area contributed by atoms with E-state index in [1.165, 1.54) is 121 Å². The van der Waals surface area contributed by atoms with Crippen LogP contribution < -0.4 is 0 Å². The summed E-state index contributed by atoms with van der Waals surface area (Å²) in [4.78, 5) is 0. The molecule has 0 bridgehead atoms. The van der Waals surface area contributed by atoms with Gasteiger partial charge in [0.1, 0.15) is 11.2 Å². The van der Waals surface area contributed by atoms with Gasteiger partial charge in [0.15, 0.2) is 0 Å². The Morgan fingerprint density at radius 1 is 0.311 bits per heavy atom. The summed E-state index contributed by atoms with van der Waals surface area (Å²) in [5.41, 5.74) is 20.0. The summed E-state index contributed by atoms with van der Waals surface area (Å²) in [6.45, 7) is 9.58. The van der Waals surface area contributed by atoms with Crippen molar-refractivity contribution < 1.29 is 4.42 Å².